The predicted octanol–water partition coefficient (Wildman–Crippen LogP) is 0.327. The fraction of sp³-hybridized carbons (Fsp3) is 0.857. The first kappa shape index (κ1) is 10.2. The van der Waals surface area contributed by atoms with Crippen LogP contribution in [0.5, 0.6) is 0 Å². The van der Waals surface area contributed by atoms with E-state index in [1.54, 1.807) is 0 Å². The van der Waals surface area contributed by atoms with Crippen molar-refractivity contribution in [3.8, 4) is 0 Å². The Bertz CT molecular complexity index is 115. The van der Waals surface area contributed by atoms with Crippen LogP contribution in [0.25, 0.3) is 0 Å². The summed E-state index contributed by atoms with van der Waals surface area (Å²) in [5, 5.41) is 2.50. The lowest BCUT2D eigenvalue weighted by molar-refractivity contribution is 0.133. The second-order valence-electron chi connectivity index (χ2n) is 2.71. The number of nitrogens with one attached hydrogen (secondary N) is 1. The molecule has 0 aromatic rings. The Morgan fingerprint density at radius 1 is 1.64 bits per heavy atom. The third kappa shape index (κ3) is 7.12. The summed E-state index contributed by atoms with van der Waals surface area (Å²) in [6.45, 7) is 5.33. The van der Waals surface area contributed by atoms with Gasteiger partial charge in [0.1, 0.15) is 0 Å². The third-order valence-corrected chi connectivity index (χ3v) is 0.961. The van der Waals surface area contributed by atoms with E-state index < -0.39 is 0 Å². The molecule has 0 aliphatic carbocycles. The number of hydrogen-bond acceptors (Lipinski definition) is 3. The van der Waals surface area contributed by atoms with Crippen molar-refractivity contribution in [3.05, 3.63) is 0 Å². The lowest BCUT2D eigenvalue weighted by atomic mass is 10.2. The first-order valence-electron chi connectivity index (χ1n) is 3.77. The van der Waals surface area contributed by atoms with Crippen molar-refractivity contribution in [1.82, 2.24) is 5.32 Å². The van der Waals surface area contributed by atoms with E-state index in [0.29, 0.717) is 25.6 Å². The van der Waals surface area contributed by atoms with Gasteiger partial charge in [0.25, 0.3) is 0 Å². The van der Waals surface area contributed by atoms with E-state index in [9.17, 15) is 4.79 Å². The molecule has 0 aromatic heterocycles. The minimum absolute atomic E-state index is 0.374. The Balaban J connectivity index is 3.23. The molecule has 0 aliphatic heterocycles. The first-order valence-corrected chi connectivity index (χ1v) is 3.77. The number of amides is 1. The molecule has 0 saturated carbocycles. The van der Waals surface area contributed by atoms with Crippen LogP contribution in [0.1, 0.15) is 13.8 Å². The monoisotopic (exact) mass is 160 g/mol. The smallest absolute Gasteiger partial charge is 0.407 e. The Hall–Kier alpha value is -0.770. The Labute approximate surface area is 67.1 Å². The van der Waals surface area contributed by atoms with Crippen molar-refractivity contribution < 1.29 is 9.53 Å². The van der Waals surface area contributed by atoms with Crippen molar-refractivity contribution in [3.63, 3.8) is 0 Å². The predicted molar refractivity (Wildman–Crippen MR) is 43.2 cm³/mol. The van der Waals surface area contributed by atoms with Crippen molar-refractivity contribution in [1.29, 1.82) is 0 Å². The molecule has 0 saturated heterocycles. The number of alkyl carbamates (subject to hydrolysis) is 1. The van der Waals surface area contributed by atoms with Crippen LogP contribution < -0.4 is 11.1 Å². The highest BCUT2D eigenvalue weighted by Crippen LogP contribution is 1.91. The Morgan fingerprint density at radius 3 is 2.73 bits per heavy atom. The second kappa shape index (κ2) is 5.97. The van der Waals surface area contributed by atoms with Gasteiger partial charge in [-0.05, 0) is 5.92 Å². The summed E-state index contributed by atoms with van der Waals surface area (Å²) in [5.41, 5.74) is 5.16. The van der Waals surface area contributed by atoms with Gasteiger partial charge in [-0.1, -0.05) is 13.8 Å². The molecule has 4 nitrogen and oxygen atoms in total. The Morgan fingerprint density at radius 2 is 2.27 bits per heavy atom. The summed E-state index contributed by atoms with van der Waals surface area (Å²) in [6, 6.07) is 0. The Kier molecular flexibility index (Phi) is 5.56. The molecule has 11 heavy (non-hydrogen) atoms. The fourth-order valence-corrected chi connectivity index (χ4v) is 0.468. The number of carbonyl (C=O) groups is 1. The van der Waals surface area contributed by atoms with Crippen LogP contribution in [0.15, 0.2) is 0 Å². The summed E-state index contributed by atoms with van der Waals surface area (Å²) >= 11 is 0. The van der Waals surface area contributed by atoms with Gasteiger partial charge in [-0.2, -0.15) is 0 Å². The number of hydrogen-bond donors (Lipinski definition) is 2. The summed E-state index contributed by atoms with van der Waals surface area (Å²) in [4.78, 5) is 10.7. The van der Waals surface area contributed by atoms with E-state index in [0.717, 1.165) is 0 Å². The molecule has 0 spiro atoms. The third-order valence-electron chi connectivity index (χ3n) is 0.961. The maximum atomic E-state index is 10.7. The molecule has 3 N–H and O–H groups in total. The summed E-state index contributed by atoms with van der Waals surface area (Å²) < 4.78 is 4.80. The van der Waals surface area contributed by atoms with Gasteiger partial charge in [-0.25, -0.2) is 4.79 Å². The van der Waals surface area contributed by atoms with Gasteiger partial charge in [0, 0.05) is 13.1 Å². The lowest BCUT2D eigenvalue weighted by Gasteiger charge is -2.07. The molecule has 4 heteroatoms. The quantitative estimate of drug-likeness (QED) is 0.622. The molecular formula is C7H16N2O2. The van der Waals surface area contributed by atoms with E-state index >= 15 is 0 Å². The van der Waals surface area contributed by atoms with Crippen LogP contribution >= 0.6 is 0 Å². The van der Waals surface area contributed by atoms with E-state index in [-0.39, 0.29) is 6.09 Å². The zero-order valence-corrected chi connectivity index (χ0v) is 7.09. The van der Waals surface area contributed by atoms with Crippen LogP contribution in [-0.2, 0) is 4.74 Å². The van der Waals surface area contributed by atoms with Gasteiger partial charge in [0.2, 0.25) is 0 Å². The van der Waals surface area contributed by atoms with Crippen LogP contribution in [0.3, 0.4) is 0 Å². The average molecular weight is 160 g/mol. The van der Waals surface area contributed by atoms with Crippen molar-refractivity contribution in [2.75, 3.05) is 19.7 Å². The van der Waals surface area contributed by atoms with E-state index in [4.69, 9.17) is 10.5 Å². The molecule has 0 aromatic carbocycles. The SMILES string of the molecule is CC(C)COC(=O)NCCN. The van der Waals surface area contributed by atoms with Crippen LogP contribution in [-0.4, -0.2) is 25.8 Å². The minimum Gasteiger partial charge on any atom is -0.449 e. The standard InChI is InChI=1S/C7H16N2O2/c1-6(2)5-11-7(10)9-4-3-8/h6H,3-5,8H2,1-2H3,(H,9,10). The number of nitrogens with two attached hydrogens (primary N) is 1. The molecule has 66 valence electrons. The van der Waals surface area contributed by atoms with Gasteiger partial charge in [0.05, 0.1) is 6.61 Å². The van der Waals surface area contributed by atoms with Gasteiger partial charge in [-0.3, -0.25) is 0 Å². The molecule has 1 amide bonds. The van der Waals surface area contributed by atoms with Crippen molar-refractivity contribution in [2.45, 2.75) is 13.8 Å². The van der Waals surface area contributed by atoms with Crippen LogP contribution in [0, 0.1) is 5.92 Å². The number of carbonyl (C=O) groups excluding carboxylic acids is 1. The van der Waals surface area contributed by atoms with Gasteiger partial charge >= 0.3 is 6.09 Å². The summed E-state index contributed by atoms with van der Waals surface area (Å²) in [7, 11) is 0. The highest BCUT2D eigenvalue weighted by Gasteiger charge is 2.00. The molecule has 0 bridgehead atoms. The van der Waals surface area contributed by atoms with E-state index in [1.807, 2.05) is 13.8 Å². The summed E-state index contributed by atoms with van der Waals surface area (Å²) in [5.74, 6) is 0.374. The van der Waals surface area contributed by atoms with E-state index in [2.05, 4.69) is 5.32 Å². The highest BCUT2D eigenvalue weighted by molar-refractivity contribution is 5.67. The molecule has 0 atom stereocenters. The number of ether oxygens (including phenoxy) is 1. The first-order chi connectivity index (χ1) is 5.16. The molecule has 0 rings (SSSR count). The topological polar surface area (TPSA) is 64.3 Å². The molecule has 0 heterocycles. The number of rotatable bonds is 4. The fourth-order valence-electron chi connectivity index (χ4n) is 0.468. The van der Waals surface area contributed by atoms with Gasteiger partial charge in [0.15, 0.2) is 0 Å². The highest BCUT2D eigenvalue weighted by atomic mass is 16.5. The van der Waals surface area contributed by atoms with Crippen molar-refractivity contribution in [2.24, 2.45) is 11.7 Å². The second-order valence-corrected chi connectivity index (χ2v) is 2.71. The van der Waals surface area contributed by atoms with Crippen LogP contribution in [0.2, 0.25) is 0 Å². The molecular weight excluding hydrogens is 144 g/mol. The maximum absolute atomic E-state index is 10.7. The maximum Gasteiger partial charge on any atom is 0.407 e. The summed E-state index contributed by atoms with van der Waals surface area (Å²) in [6.07, 6.45) is -0.385. The molecule has 0 radical (unpaired) electrons. The largest absolute Gasteiger partial charge is 0.449 e. The lowest BCUT2D eigenvalue weighted by Crippen LogP contribution is -2.30. The molecule has 0 aliphatic rings. The molecule has 0 fully saturated rings. The average Bonchev–Trinajstić information content (AvgIpc) is 1.97. The minimum atomic E-state index is -0.385. The van der Waals surface area contributed by atoms with E-state index in [1.165, 1.54) is 0 Å². The van der Waals surface area contributed by atoms with Crippen LogP contribution in [0.4, 0.5) is 4.79 Å². The zero-order valence-electron chi connectivity index (χ0n) is 7.09. The van der Waals surface area contributed by atoms with Gasteiger partial charge < -0.3 is 15.8 Å². The van der Waals surface area contributed by atoms with Gasteiger partial charge in [-0.15, -0.1) is 0 Å². The zero-order chi connectivity index (χ0) is 8.69. The normalized spacial score (nSPS) is 9.82. The molecule has 0 unspecified atom stereocenters. The van der Waals surface area contributed by atoms with Crippen molar-refractivity contribution >= 4 is 6.09 Å².